The van der Waals surface area contributed by atoms with Crippen LogP contribution < -0.4 is 5.32 Å². The minimum atomic E-state index is 0.853. The summed E-state index contributed by atoms with van der Waals surface area (Å²) in [5, 5.41) is 7.69. The van der Waals surface area contributed by atoms with E-state index < -0.39 is 0 Å². The molecule has 100 valence electrons. The molecule has 3 rings (SSSR count). The van der Waals surface area contributed by atoms with Gasteiger partial charge in [-0.2, -0.15) is 5.10 Å². The lowest BCUT2D eigenvalue weighted by molar-refractivity contribution is 0.638. The number of aromatic nitrogens is 2. The van der Waals surface area contributed by atoms with Gasteiger partial charge in [0, 0.05) is 30.2 Å². The molecule has 0 spiro atoms. The third-order valence-corrected chi connectivity index (χ3v) is 3.23. The molecule has 3 aromatic rings. The van der Waals surface area contributed by atoms with Crippen LogP contribution in [-0.2, 0) is 6.54 Å². The molecular weight excluding hydrogens is 246 g/mol. The largest absolute Gasteiger partial charge is 0.383 e. The highest BCUT2D eigenvalue weighted by molar-refractivity contribution is 5.77. The Labute approximate surface area is 118 Å². The predicted octanol–water partition coefficient (Wildman–Crippen LogP) is 3.66. The summed E-state index contributed by atoms with van der Waals surface area (Å²) in [6, 6.07) is 20.8. The van der Waals surface area contributed by atoms with E-state index in [0.717, 1.165) is 18.8 Å². The minimum Gasteiger partial charge on any atom is -0.383 e. The maximum absolute atomic E-state index is 4.20. The molecule has 0 atom stereocenters. The van der Waals surface area contributed by atoms with E-state index in [0.29, 0.717) is 0 Å². The van der Waals surface area contributed by atoms with Crippen molar-refractivity contribution in [2.75, 3.05) is 11.9 Å². The summed E-state index contributed by atoms with van der Waals surface area (Å²) in [6.07, 6.45) is 3.78. The van der Waals surface area contributed by atoms with Crippen molar-refractivity contribution in [3.05, 3.63) is 73.1 Å². The van der Waals surface area contributed by atoms with Crippen molar-refractivity contribution < 1.29 is 0 Å². The van der Waals surface area contributed by atoms with Crippen LogP contribution in [0.3, 0.4) is 0 Å². The lowest BCUT2D eigenvalue weighted by Gasteiger charge is -2.12. The topological polar surface area (TPSA) is 29.9 Å². The molecule has 0 unspecified atom stereocenters. The van der Waals surface area contributed by atoms with E-state index in [1.807, 2.05) is 23.0 Å². The van der Waals surface area contributed by atoms with Gasteiger partial charge >= 0.3 is 0 Å². The van der Waals surface area contributed by atoms with Gasteiger partial charge in [0.25, 0.3) is 0 Å². The molecule has 0 radical (unpaired) electrons. The Morgan fingerprint density at radius 1 is 0.900 bits per heavy atom. The lowest BCUT2D eigenvalue weighted by Crippen LogP contribution is -2.11. The fourth-order valence-electron chi connectivity index (χ4n) is 2.24. The summed E-state index contributed by atoms with van der Waals surface area (Å²) in [5.41, 5.74) is 3.62. The SMILES string of the molecule is c1ccc(-c2ccccc2NCCn2cccn2)cc1. The van der Waals surface area contributed by atoms with E-state index in [1.165, 1.54) is 11.1 Å². The van der Waals surface area contributed by atoms with Gasteiger partial charge in [-0.15, -0.1) is 0 Å². The van der Waals surface area contributed by atoms with Crippen LogP contribution in [0.4, 0.5) is 5.69 Å². The third kappa shape index (κ3) is 2.88. The highest BCUT2D eigenvalue weighted by Gasteiger charge is 2.03. The van der Waals surface area contributed by atoms with Crippen LogP contribution in [0, 0.1) is 0 Å². The third-order valence-electron chi connectivity index (χ3n) is 3.23. The van der Waals surface area contributed by atoms with Crippen molar-refractivity contribution in [2.24, 2.45) is 0 Å². The number of nitrogens with one attached hydrogen (secondary N) is 1. The van der Waals surface area contributed by atoms with E-state index in [9.17, 15) is 0 Å². The number of rotatable bonds is 5. The predicted molar refractivity (Wildman–Crippen MR) is 82.6 cm³/mol. The van der Waals surface area contributed by atoms with Gasteiger partial charge in [0.15, 0.2) is 0 Å². The summed E-state index contributed by atoms with van der Waals surface area (Å²) < 4.78 is 1.93. The van der Waals surface area contributed by atoms with E-state index in [1.54, 1.807) is 6.20 Å². The fourth-order valence-corrected chi connectivity index (χ4v) is 2.24. The van der Waals surface area contributed by atoms with Crippen molar-refractivity contribution in [3.8, 4) is 11.1 Å². The first-order valence-electron chi connectivity index (χ1n) is 6.79. The zero-order chi connectivity index (χ0) is 13.6. The Bertz CT molecular complexity index is 645. The molecule has 1 heterocycles. The first-order chi connectivity index (χ1) is 9.93. The molecule has 3 heteroatoms. The smallest absolute Gasteiger partial charge is 0.0582 e. The van der Waals surface area contributed by atoms with Crippen LogP contribution in [0.1, 0.15) is 0 Å². The van der Waals surface area contributed by atoms with Crippen LogP contribution in [0.25, 0.3) is 11.1 Å². The number of nitrogens with zero attached hydrogens (tertiary/aromatic N) is 2. The molecule has 0 aliphatic carbocycles. The van der Waals surface area contributed by atoms with Crippen LogP contribution in [0.5, 0.6) is 0 Å². The van der Waals surface area contributed by atoms with E-state index in [-0.39, 0.29) is 0 Å². The zero-order valence-corrected chi connectivity index (χ0v) is 11.2. The number of hydrogen-bond donors (Lipinski definition) is 1. The Hall–Kier alpha value is -2.55. The number of para-hydroxylation sites is 1. The molecule has 0 saturated carbocycles. The van der Waals surface area contributed by atoms with Gasteiger partial charge in [0.05, 0.1) is 6.54 Å². The highest BCUT2D eigenvalue weighted by atomic mass is 15.3. The standard InChI is InChI=1S/C17H17N3/c1-2-7-15(8-3-1)16-9-4-5-10-17(16)18-12-14-20-13-6-11-19-20/h1-11,13,18H,12,14H2. The van der Waals surface area contributed by atoms with Crippen molar-refractivity contribution in [3.63, 3.8) is 0 Å². The Morgan fingerprint density at radius 3 is 2.50 bits per heavy atom. The van der Waals surface area contributed by atoms with Crippen molar-refractivity contribution in [1.29, 1.82) is 0 Å². The molecule has 0 saturated heterocycles. The second-order valence-electron chi connectivity index (χ2n) is 4.61. The fraction of sp³-hybridized carbons (Fsp3) is 0.118. The lowest BCUT2D eigenvalue weighted by atomic mass is 10.0. The van der Waals surface area contributed by atoms with Crippen LogP contribution >= 0.6 is 0 Å². The van der Waals surface area contributed by atoms with Crippen LogP contribution in [0.15, 0.2) is 73.1 Å². The average molecular weight is 263 g/mol. The number of anilines is 1. The van der Waals surface area contributed by atoms with Gasteiger partial charge in [0.2, 0.25) is 0 Å². The van der Waals surface area contributed by atoms with Crippen molar-refractivity contribution >= 4 is 5.69 Å². The Morgan fingerprint density at radius 2 is 1.70 bits per heavy atom. The second-order valence-corrected chi connectivity index (χ2v) is 4.61. The maximum Gasteiger partial charge on any atom is 0.0582 e. The van der Waals surface area contributed by atoms with Crippen LogP contribution in [0.2, 0.25) is 0 Å². The van der Waals surface area contributed by atoms with E-state index in [2.05, 4.69) is 58.9 Å². The van der Waals surface area contributed by atoms with Gasteiger partial charge in [-0.05, 0) is 17.7 Å². The molecule has 1 aromatic heterocycles. The molecule has 3 nitrogen and oxygen atoms in total. The molecule has 0 bridgehead atoms. The summed E-state index contributed by atoms with van der Waals surface area (Å²) in [5.74, 6) is 0. The molecule has 1 N–H and O–H groups in total. The molecule has 0 aliphatic rings. The molecular formula is C17H17N3. The Balaban J connectivity index is 1.73. The highest BCUT2D eigenvalue weighted by Crippen LogP contribution is 2.27. The van der Waals surface area contributed by atoms with Crippen molar-refractivity contribution in [1.82, 2.24) is 9.78 Å². The van der Waals surface area contributed by atoms with Gasteiger partial charge in [-0.3, -0.25) is 4.68 Å². The maximum atomic E-state index is 4.20. The molecule has 20 heavy (non-hydrogen) atoms. The summed E-state index contributed by atoms with van der Waals surface area (Å²) in [6.45, 7) is 1.71. The quantitative estimate of drug-likeness (QED) is 0.761. The van der Waals surface area contributed by atoms with Crippen molar-refractivity contribution in [2.45, 2.75) is 6.54 Å². The van der Waals surface area contributed by atoms with Gasteiger partial charge in [0.1, 0.15) is 0 Å². The average Bonchev–Trinajstić information content (AvgIpc) is 3.02. The monoisotopic (exact) mass is 263 g/mol. The summed E-state index contributed by atoms with van der Waals surface area (Å²) in [7, 11) is 0. The molecule has 0 amide bonds. The van der Waals surface area contributed by atoms with Gasteiger partial charge in [-0.1, -0.05) is 48.5 Å². The van der Waals surface area contributed by atoms with Gasteiger partial charge in [-0.25, -0.2) is 0 Å². The molecule has 0 aliphatic heterocycles. The first kappa shape index (κ1) is 12.5. The normalized spacial score (nSPS) is 10.4. The number of hydrogen-bond acceptors (Lipinski definition) is 2. The number of benzene rings is 2. The second kappa shape index (κ2) is 6.06. The zero-order valence-electron chi connectivity index (χ0n) is 11.2. The summed E-state index contributed by atoms with van der Waals surface area (Å²) in [4.78, 5) is 0. The van der Waals surface area contributed by atoms with Gasteiger partial charge < -0.3 is 5.32 Å². The van der Waals surface area contributed by atoms with E-state index in [4.69, 9.17) is 0 Å². The van der Waals surface area contributed by atoms with Crippen LogP contribution in [-0.4, -0.2) is 16.3 Å². The first-order valence-corrected chi connectivity index (χ1v) is 6.79. The minimum absolute atomic E-state index is 0.853. The van der Waals surface area contributed by atoms with E-state index >= 15 is 0 Å². The summed E-state index contributed by atoms with van der Waals surface area (Å²) >= 11 is 0. The molecule has 0 fully saturated rings. The Kier molecular flexibility index (Phi) is 3.78. The molecule has 2 aromatic carbocycles.